The summed E-state index contributed by atoms with van der Waals surface area (Å²) in [5.41, 5.74) is 0.236. The molecule has 1 aromatic heterocycles. The van der Waals surface area contributed by atoms with E-state index in [2.05, 4.69) is 5.32 Å². The van der Waals surface area contributed by atoms with Gasteiger partial charge in [0.25, 0.3) is 5.91 Å². The first-order chi connectivity index (χ1) is 10.4. The first-order valence-corrected chi connectivity index (χ1v) is 6.78. The molecule has 2 rings (SSSR count). The van der Waals surface area contributed by atoms with Crippen LogP contribution in [0.25, 0.3) is 11.3 Å². The molecule has 0 bridgehead atoms. The van der Waals surface area contributed by atoms with Gasteiger partial charge >= 0.3 is 5.97 Å². The van der Waals surface area contributed by atoms with Crippen molar-refractivity contribution in [2.45, 2.75) is 19.9 Å². The molecule has 1 amide bonds. The second-order valence-corrected chi connectivity index (χ2v) is 5.18. The topological polar surface area (TPSA) is 79.5 Å². The van der Waals surface area contributed by atoms with E-state index in [-0.39, 0.29) is 23.0 Å². The van der Waals surface area contributed by atoms with Crippen LogP contribution in [0.1, 0.15) is 24.4 Å². The number of hydrogen-bond acceptors (Lipinski definition) is 3. The third kappa shape index (κ3) is 3.33. The summed E-state index contributed by atoms with van der Waals surface area (Å²) in [6.45, 7) is 3.37. The molecule has 0 aliphatic carbocycles. The molecule has 0 aliphatic heterocycles. The number of carbonyl (C=O) groups excluding carboxylic acids is 1. The van der Waals surface area contributed by atoms with Gasteiger partial charge in [0.2, 0.25) is 0 Å². The van der Waals surface area contributed by atoms with Crippen LogP contribution in [-0.2, 0) is 4.79 Å². The number of carboxylic acid groups (broad SMARTS) is 1. The maximum Gasteiger partial charge on any atom is 0.326 e. The lowest BCUT2D eigenvalue weighted by Crippen LogP contribution is -2.44. The molecule has 0 unspecified atom stereocenters. The zero-order valence-electron chi connectivity index (χ0n) is 12.2. The Hall–Kier alpha value is -2.63. The number of carbonyl (C=O) groups is 2. The molecule has 1 aromatic carbocycles. The maximum absolute atomic E-state index is 13.7. The van der Waals surface area contributed by atoms with Gasteiger partial charge in [0, 0.05) is 0 Å². The Morgan fingerprint density at radius 3 is 2.45 bits per heavy atom. The number of amides is 1. The molecular weight excluding hydrogens is 289 g/mol. The average molecular weight is 305 g/mol. The highest BCUT2D eigenvalue weighted by Gasteiger charge is 2.25. The number of aliphatic carboxylic acids is 1. The first kappa shape index (κ1) is 15.8. The summed E-state index contributed by atoms with van der Waals surface area (Å²) in [5.74, 6) is -2.37. The van der Waals surface area contributed by atoms with E-state index < -0.39 is 23.7 Å². The molecule has 0 fully saturated rings. The predicted molar refractivity (Wildman–Crippen MR) is 77.8 cm³/mol. The standard InChI is InChI=1S/C16H16FNO4/c1-9(2)14(16(20)21)18-15(19)13-8-7-12(22-13)10-5-3-4-6-11(10)17/h3-9,14H,1-2H3,(H,18,19)(H,20,21)/t14-/m1/s1. The molecule has 6 heteroatoms. The first-order valence-electron chi connectivity index (χ1n) is 6.78. The second kappa shape index (κ2) is 6.43. The van der Waals surface area contributed by atoms with Crippen molar-refractivity contribution < 1.29 is 23.5 Å². The van der Waals surface area contributed by atoms with Crippen LogP contribution in [-0.4, -0.2) is 23.0 Å². The van der Waals surface area contributed by atoms with Crippen LogP contribution in [0.5, 0.6) is 0 Å². The van der Waals surface area contributed by atoms with Gasteiger partial charge in [0.05, 0.1) is 5.56 Å². The van der Waals surface area contributed by atoms with Crippen molar-refractivity contribution >= 4 is 11.9 Å². The summed E-state index contributed by atoms with van der Waals surface area (Å²) in [5, 5.41) is 11.4. The van der Waals surface area contributed by atoms with Crippen LogP contribution in [0.2, 0.25) is 0 Å². The predicted octanol–water partition coefficient (Wildman–Crippen LogP) is 2.92. The van der Waals surface area contributed by atoms with E-state index in [4.69, 9.17) is 9.52 Å². The molecule has 0 aliphatic rings. The molecule has 1 atom stereocenters. The highest BCUT2D eigenvalue weighted by Crippen LogP contribution is 2.24. The van der Waals surface area contributed by atoms with Crippen LogP contribution in [0.3, 0.4) is 0 Å². The summed E-state index contributed by atoms with van der Waals surface area (Å²) in [4.78, 5) is 23.1. The van der Waals surface area contributed by atoms with Crippen molar-refractivity contribution in [3.8, 4) is 11.3 Å². The van der Waals surface area contributed by atoms with Crippen molar-refractivity contribution in [1.82, 2.24) is 5.32 Å². The van der Waals surface area contributed by atoms with Gasteiger partial charge in [-0.25, -0.2) is 9.18 Å². The van der Waals surface area contributed by atoms with E-state index in [9.17, 15) is 14.0 Å². The van der Waals surface area contributed by atoms with E-state index in [0.717, 1.165) is 0 Å². The molecule has 1 heterocycles. The minimum absolute atomic E-state index is 0.0647. The van der Waals surface area contributed by atoms with Crippen LogP contribution in [0.4, 0.5) is 4.39 Å². The van der Waals surface area contributed by atoms with E-state index in [0.29, 0.717) is 0 Å². The summed E-state index contributed by atoms with van der Waals surface area (Å²) in [6, 6.07) is 7.86. The van der Waals surface area contributed by atoms with Crippen molar-refractivity contribution in [2.75, 3.05) is 0 Å². The molecule has 0 spiro atoms. The Labute approximate surface area is 126 Å². The summed E-state index contributed by atoms with van der Waals surface area (Å²) < 4.78 is 19.0. The third-order valence-corrected chi connectivity index (χ3v) is 3.19. The van der Waals surface area contributed by atoms with Gasteiger partial charge in [0.15, 0.2) is 5.76 Å². The van der Waals surface area contributed by atoms with E-state index in [1.54, 1.807) is 26.0 Å². The lowest BCUT2D eigenvalue weighted by atomic mass is 10.0. The molecule has 5 nitrogen and oxygen atoms in total. The van der Waals surface area contributed by atoms with Gasteiger partial charge in [-0.15, -0.1) is 0 Å². The van der Waals surface area contributed by atoms with Crippen LogP contribution in [0, 0.1) is 11.7 Å². The minimum atomic E-state index is -1.12. The van der Waals surface area contributed by atoms with Gasteiger partial charge in [-0.3, -0.25) is 4.79 Å². The number of rotatable bonds is 5. The van der Waals surface area contributed by atoms with E-state index in [1.807, 2.05) is 0 Å². The molecule has 116 valence electrons. The lowest BCUT2D eigenvalue weighted by molar-refractivity contribution is -0.140. The SMILES string of the molecule is CC(C)[C@@H](NC(=O)c1ccc(-c2ccccc2F)o1)C(=O)O. The summed E-state index contributed by atoms with van der Waals surface area (Å²) in [6.07, 6.45) is 0. The Bertz CT molecular complexity index is 693. The van der Waals surface area contributed by atoms with E-state index in [1.165, 1.54) is 24.3 Å². The number of furan rings is 1. The highest BCUT2D eigenvalue weighted by atomic mass is 19.1. The minimum Gasteiger partial charge on any atom is -0.480 e. The lowest BCUT2D eigenvalue weighted by Gasteiger charge is -2.16. The molecule has 0 saturated heterocycles. The molecule has 0 saturated carbocycles. The largest absolute Gasteiger partial charge is 0.480 e. The molecule has 22 heavy (non-hydrogen) atoms. The summed E-state index contributed by atoms with van der Waals surface area (Å²) >= 11 is 0. The Morgan fingerprint density at radius 2 is 1.86 bits per heavy atom. The monoisotopic (exact) mass is 305 g/mol. The van der Waals surface area contributed by atoms with Gasteiger partial charge < -0.3 is 14.8 Å². The molecule has 0 radical (unpaired) electrons. The van der Waals surface area contributed by atoms with Gasteiger partial charge in [0.1, 0.15) is 17.6 Å². The van der Waals surface area contributed by atoms with Gasteiger partial charge in [-0.05, 0) is 30.2 Å². The fourth-order valence-corrected chi connectivity index (χ4v) is 1.99. The smallest absolute Gasteiger partial charge is 0.326 e. The molecular formula is C16H16FNO4. The number of benzene rings is 1. The van der Waals surface area contributed by atoms with Gasteiger partial charge in [-0.2, -0.15) is 0 Å². The number of nitrogens with one attached hydrogen (secondary N) is 1. The third-order valence-electron chi connectivity index (χ3n) is 3.19. The molecule has 2 aromatic rings. The normalized spacial score (nSPS) is 12.2. The summed E-state index contributed by atoms with van der Waals surface area (Å²) in [7, 11) is 0. The van der Waals surface area contributed by atoms with Crippen molar-refractivity contribution in [3.05, 3.63) is 48.0 Å². The Kier molecular flexibility index (Phi) is 4.60. The number of halogens is 1. The van der Waals surface area contributed by atoms with Crippen molar-refractivity contribution in [3.63, 3.8) is 0 Å². The fourth-order valence-electron chi connectivity index (χ4n) is 1.99. The van der Waals surface area contributed by atoms with Crippen LogP contribution < -0.4 is 5.32 Å². The number of carboxylic acids is 1. The fraction of sp³-hybridized carbons (Fsp3) is 0.250. The van der Waals surface area contributed by atoms with Crippen LogP contribution in [0.15, 0.2) is 40.8 Å². The Balaban J connectivity index is 2.19. The van der Waals surface area contributed by atoms with Crippen molar-refractivity contribution in [1.29, 1.82) is 0 Å². The van der Waals surface area contributed by atoms with E-state index >= 15 is 0 Å². The number of hydrogen-bond donors (Lipinski definition) is 2. The zero-order chi connectivity index (χ0) is 16.3. The maximum atomic E-state index is 13.7. The molecule has 2 N–H and O–H groups in total. The van der Waals surface area contributed by atoms with Gasteiger partial charge in [-0.1, -0.05) is 26.0 Å². The average Bonchev–Trinajstić information content (AvgIpc) is 2.94. The quantitative estimate of drug-likeness (QED) is 0.890. The highest BCUT2D eigenvalue weighted by molar-refractivity contribution is 5.94. The Morgan fingerprint density at radius 1 is 1.18 bits per heavy atom. The second-order valence-electron chi connectivity index (χ2n) is 5.18. The van der Waals surface area contributed by atoms with Crippen molar-refractivity contribution in [2.24, 2.45) is 5.92 Å². The zero-order valence-corrected chi connectivity index (χ0v) is 12.2. The van der Waals surface area contributed by atoms with Crippen LogP contribution >= 0.6 is 0 Å².